The van der Waals surface area contributed by atoms with Crippen molar-refractivity contribution in [2.45, 2.75) is 18.1 Å². The normalized spacial score (nSPS) is 12.0. The van der Waals surface area contributed by atoms with Crippen molar-refractivity contribution in [1.82, 2.24) is 9.38 Å². The van der Waals surface area contributed by atoms with E-state index in [1.807, 2.05) is 18.2 Å². The Balaban J connectivity index is 2.00. The van der Waals surface area contributed by atoms with Crippen LogP contribution < -0.4 is 4.72 Å². The molecular weight excluding hydrogens is 330 g/mol. The summed E-state index contributed by atoms with van der Waals surface area (Å²) in [6.07, 6.45) is 1.72. The molecule has 3 aromatic rings. The first-order valence-corrected chi connectivity index (χ1v) is 8.78. The number of fused-ring (bicyclic) bond motifs is 1. The Morgan fingerprint density at radius 3 is 2.67 bits per heavy atom. The fourth-order valence-corrected chi connectivity index (χ4v) is 4.51. The van der Waals surface area contributed by atoms with Gasteiger partial charge in [-0.15, -0.1) is 11.3 Å². The van der Waals surface area contributed by atoms with Crippen LogP contribution in [0, 0.1) is 13.8 Å². The molecule has 0 amide bonds. The Morgan fingerprint density at radius 2 is 2.00 bits per heavy atom. The number of thiophene rings is 1. The van der Waals surface area contributed by atoms with E-state index in [4.69, 9.17) is 11.6 Å². The second-order valence-corrected chi connectivity index (χ2v) is 8.22. The maximum atomic E-state index is 12.3. The van der Waals surface area contributed by atoms with Gasteiger partial charge in [0.2, 0.25) is 0 Å². The van der Waals surface area contributed by atoms with Crippen LogP contribution in [-0.4, -0.2) is 17.8 Å². The van der Waals surface area contributed by atoms with Crippen LogP contribution in [0.1, 0.15) is 11.4 Å². The van der Waals surface area contributed by atoms with Crippen LogP contribution in [0.5, 0.6) is 0 Å². The van der Waals surface area contributed by atoms with Gasteiger partial charge in [-0.05, 0) is 38.1 Å². The topological polar surface area (TPSA) is 63.5 Å². The number of aryl methyl sites for hydroxylation is 2. The van der Waals surface area contributed by atoms with E-state index in [1.54, 1.807) is 24.4 Å². The fourth-order valence-electron chi connectivity index (χ4n) is 1.99. The van der Waals surface area contributed by atoms with Crippen LogP contribution in [0.15, 0.2) is 34.7 Å². The van der Waals surface area contributed by atoms with Gasteiger partial charge in [0.25, 0.3) is 10.0 Å². The van der Waals surface area contributed by atoms with E-state index < -0.39 is 10.0 Å². The molecule has 0 unspecified atom stereocenters. The second kappa shape index (κ2) is 5.01. The molecule has 0 radical (unpaired) electrons. The Labute approximate surface area is 131 Å². The zero-order valence-corrected chi connectivity index (χ0v) is 13.7. The van der Waals surface area contributed by atoms with Gasteiger partial charge in [-0.2, -0.15) is 0 Å². The summed E-state index contributed by atoms with van der Waals surface area (Å²) in [5.74, 6) is 0. The lowest BCUT2D eigenvalue weighted by atomic mass is 10.4. The van der Waals surface area contributed by atoms with E-state index in [1.165, 1.54) is 6.07 Å². The number of hydrogen-bond donors (Lipinski definition) is 1. The van der Waals surface area contributed by atoms with Crippen LogP contribution in [-0.2, 0) is 10.0 Å². The number of hydrogen-bond acceptors (Lipinski definition) is 4. The number of rotatable bonds is 3. The second-order valence-electron chi connectivity index (χ2n) is 4.59. The molecule has 21 heavy (non-hydrogen) atoms. The maximum absolute atomic E-state index is 12.3. The van der Waals surface area contributed by atoms with Gasteiger partial charge in [0, 0.05) is 11.9 Å². The lowest BCUT2D eigenvalue weighted by Crippen LogP contribution is -2.11. The van der Waals surface area contributed by atoms with E-state index >= 15 is 0 Å². The highest BCUT2D eigenvalue weighted by atomic mass is 35.5. The van der Waals surface area contributed by atoms with Crippen molar-refractivity contribution in [1.29, 1.82) is 0 Å². The zero-order valence-electron chi connectivity index (χ0n) is 11.3. The Bertz CT molecular complexity index is 928. The molecule has 0 aromatic carbocycles. The van der Waals surface area contributed by atoms with Crippen molar-refractivity contribution in [2.75, 3.05) is 4.72 Å². The summed E-state index contributed by atoms with van der Waals surface area (Å²) in [6, 6.07) is 6.51. The van der Waals surface area contributed by atoms with Crippen molar-refractivity contribution in [3.8, 4) is 0 Å². The molecule has 0 saturated carbocycles. The van der Waals surface area contributed by atoms with E-state index in [0.29, 0.717) is 10.0 Å². The third-order valence-corrected chi connectivity index (χ3v) is 6.26. The number of sulfonamides is 1. The number of pyridine rings is 1. The van der Waals surface area contributed by atoms with Gasteiger partial charge in [-0.25, -0.2) is 13.4 Å². The molecule has 0 aliphatic rings. The third kappa shape index (κ3) is 2.64. The van der Waals surface area contributed by atoms with Crippen LogP contribution in [0.3, 0.4) is 0 Å². The van der Waals surface area contributed by atoms with Crippen LogP contribution in [0.2, 0.25) is 4.34 Å². The number of imidazole rings is 1. The number of nitrogens with one attached hydrogen (secondary N) is 1. The molecule has 0 aliphatic carbocycles. The molecule has 0 spiro atoms. The summed E-state index contributed by atoms with van der Waals surface area (Å²) in [7, 11) is -3.62. The molecule has 8 heteroatoms. The molecule has 3 heterocycles. The average Bonchev–Trinajstić information content (AvgIpc) is 2.96. The predicted octanol–water partition coefficient (Wildman–Crippen LogP) is 3.47. The first kappa shape index (κ1) is 14.4. The summed E-state index contributed by atoms with van der Waals surface area (Å²) in [5.41, 5.74) is 3.16. The number of halogens is 1. The van der Waals surface area contributed by atoms with E-state index in [2.05, 4.69) is 9.71 Å². The standard InChI is InChI=1S/C13H12ClN3O2S2/c1-8-9(2)17-7-10(3-5-12(17)15-8)16-21(18,19)13-6-4-11(14)20-13/h3-7,16H,1-2H3. The molecule has 0 saturated heterocycles. The Hall–Kier alpha value is -1.57. The van der Waals surface area contributed by atoms with Crippen molar-refractivity contribution in [3.05, 3.63) is 46.2 Å². The van der Waals surface area contributed by atoms with Gasteiger partial charge < -0.3 is 4.40 Å². The first-order valence-electron chi connectivity index (χ1n) is 6.10. The van der Waals surface area contributed by atoms with Gasteiger partial charge in [-0.1, -0.05) is 11.6 Å². The predicted molar refractivity (Wildman–Crippen MR) is 84.8 cm³/mol. The van der Waals surface area contributed by atoms with Gasteiger partial charge in [-0.3, -0.25) is 4.72 Å². The van der Waals surface area contributed by atoms with Crippen molar-refractivity contribution < 1.29 is 8.42 Å². The lowest BCUT2D eigenvalue weighted by molar-refractivity contribution is 0.603. The van der Waals surface area contributed by atoms with Crippen molar-refractivity contribution >= 4 is 44.3 Å². The molecule has 0 atom stereocenters. The maximum Gasteiger partial charge on any atom is 0.271 e. The SMILES string of the molecule is Cc1nc2ccc(NS(=O)(=O)c3ccc(Cl)s3)cn2c1C. The summed E-state index contributed by atoms with van der Waals surface area (Å²) in [5, 5.41) is 0. The highest BCUT2D eigenvalue weighted by Crippen LogP contribution is 2.27. The van der Waals surface area contributed by atoms with Crippen LogP contribution in [0.25, 0.3) is 5.65 Å². The number of nitrogens with zero attached hydrogens (tertiary/aromatic N) is 2. The molecule has 3 aromatic heterocycles. The Kier molecular flexibility index (Phi) is 3.43. The Morgan fingerprint density at radius 1 is 1.24 bits per heavy atom. The van der Waals surface area contributed by atoms with Crippen LogP contribution in [0.4, 0.5) is 5.69 Å². The minimum absolute atomic E-state index is 0.186. The summed E-state index contributed by atoms with van der Waals surface area (Å²) < 4.78 is 29.5. The number of anilines is 1. The smallest absolute Gasteiger partial charge is 0.271 e. The highest BCUT2D eigenvalue weighted by Gasteiger charge is 2.17. The van der Waals surface area contributed by atoms with Crippen LogP contribution >= 0.6 is 22.9 Å². The van der Waals surface area contributed by atoms with E-state index in [9.17, 15) is 8.42 Å². The van der Waals surface area contributed by atoms with Crippen molar-refractivity contribution in [2.24, 2.45) is 0 Å². The van der Waals surface area contributed by atoms with Gasteiger partial charge >= 0.3 is 0 Å². The summed E-state index contributed by atoms with van der Waals surface area (Å²) >= 11 is 6.81. The highest BCUT2D eigenvalue weighted by molar-refractivity contribution is 7.94. The van der Waals surface area contributed by atoms with Gasteiger partial charge in [0.05, 0.1) is 15.7 Å². The molecule has 0 fully saturated rings. The van der Waals surface area contributed by atoms with E-state index in [-0.39, 0.29) is 4.21 Å². The third-order valence-electron chi connectivity index (χ3n) is 3.16. The fraction of sp³-hybridized carbons (Fsp3) is 0.154. The lowest BCUT2D eigenvalue weighted by Gasteiger charge is -2.07. The molecule has 3 rings (SSSR count). The summed E-state index contributed by atoms with van der Waals surface area (Å²) in [6.45, 7) is 3.85. The van der Waals surface area contributed by atoms with Gasteiger partial charge in [0.1, 0.15) is 9.86 Å². The molecular formula is C13H12ClN3O2S2. The molecule has 110 valence electrons. The van der Waals surface area contributed by atoms with Crippen molar-refractivity contribution in [3.63, 3.8) is 0 Å². The van der Waals surface area contributed by atoms with E-state index in [0.717, 1.165) is 28.4 Å². The summed E-state index contributed by atoms with van der Waals surface area (Å²) in [4.78, 5) is 4.38. The monoisotopic (exact) mass is 341 g/mol. The minimum atomic E-state index is -3.62. The zero-order chi connectivity index (χ0) is 15.2. The molecule has 0 aliphatic heterocycles. The molecule has 0 bridgehead atoms. The number of aromatic nitrogens is 2. The largest absolute Gasteiger partial charge is 0.302 e. The molecule has 5 nitrogen and oxygen atoms in total. The molecule has 1 N–H and O–H groups in total. The quantitative estimate of drug-likeness (QED) is 0.793. The first-order chi connectivity index (χ1) is 9.87. The average molecular weight is 342 g/mol. The minimum Gasteiger partial charge on any atom is -0.302 e. The van der Waals surface area contributed by atoms with Gasteiger partial charge in [0.15, 0.2) is 0 Å².